The zero-order valence-electron chi connectivity index (χ0n) is 11.8. The minimum atomic E-state index is 0.438. The van der Waals surface area contributed by atoms with Gasteiger partial charge in [0, 0.05) is 10.2 Å². The van der Waals surface area contributed by atoms with Crippen LogP contribution in [0.1, 0.15) is 42.0 Å². The number of halogens is 1. The number of rotatable bonds is 2. The fourth-order valence-electron chi connectivity index (χ4n) is 3.05. The van der Waals surface area contributed by atoms with Gasteiger partial charge in [0.15, 0.2) is 0 Å². The quantitative estimate of drug-likeness (QED) is 0.703. The minimum Gasteiger partial charge on any atom is -0.378 e. The molecule has 0 saturated carbocycles. The molecular weight excluding hydrogens is 310 g/mol. The van der Waals surface area contributed by atoms with Crippen molar-refractivity contribution in [1.29, 1.82) is 0 Å². The second kappa shape index (κ2) is 6.01. The molecule has 2 aromatic carbocycles. The third kappa shape index (κ3) is 2.90. The van der Waals surface area contributed by atoms with Crippen molar-refractivity contribution >= 4 is 21.6 Å². The maximum atomic E-state index is 3.75. The molecule has 1 aliphatic carbocycles. The Labute approximate surface area is 129 Å². The van der Waals surface area contributed by atoms with E-state index in [-0.39, 0.29) is 0 Å². The van der Waals surface area contributed by atoms with Crippen molar-refractivity contribution in [3.05, 3.63) is 63.6 Å². The van der Waals surface area contributed by atoms with Crippen LogP contribution in [-0.4, -0.2) is 0 Å². The molecule has 2 aromatic rings. The van der Waals surface area contributed by atoms with Crippen molar-refractivity contribution in [3.63, 3.8) is 0 Å². The topological polar surface area (TPSA) is 12.0 Å². The molecule has 0 aliphatic heterocycles. The number of nitrogens with one attached hydrogen (secondary N) is 1. The van der Waals surface area contributed by atoms with Crippen LogP contribution in [0.2, 0.25) is 0 Å². The number of benzene rings is 2. The van der Waals surface area contributed by atoms with Gasteiger partial charge < -0.3 is 5.32 Å². The Hall–Kier alpha value is -1.28. The number of hydrogen-bond donors (Lipinski definition) is 1. The normalized spacial score (nSPS) is 18.2. The molecule has 1 atom stereocenters. The fourth-order valence-corrected chi connectivity index (χ4v) is 3.52. The molecule has 1 N–H and O–H groups in total. The molecule has 1 nitrogen and oxygen atoms in total. The summed E-state index contributed by atoms with van der Waals surface area (Å²) in [7, 11) is 0. The molecule has 0 saturated heterocycles. The first-order chi connectivity index (χ1) is 9.74. The Kier molecular flexibility index (Phi) is 4.11. The fraction of sp³-hybridized carbons (Fsp3) is 0.333. The summed E-state index contributed by atoms with van der Waals surface area (Å²) in [5.74, 6) is 0. The second-order valence-electron chi connectivity index (χ2n) is 5.60. The zero-order valence-corrected chi connectivity index (χ0v) is 13.4. The second-order valence-corrected chi connectivity index (χ2v) is 6.52. The van der Waals surface area contributed by atoms with Crippen LogP contribution in [0.15, 0.2) is 46.9 Å². The average Bonchev–Trinajstić information content (AvgIpc) is 2.65. The molecule has 2 heteroatoms. The maximum Gasteiger partial charge on any atom is 0.0516 e. The highest BCUT2D eigenvalue weighted by Gasteiger charge is 2.18. The lowest BCUT2D eigenvalue weighted by molar-refractivity contribution is 0.644. The molecule has 0 spiro atoms. The maximum absolute atomic E-state index is 3.75. The SMILES string of the molecule is Cc1cc(Br)ccc1NC1CCCCc2ccccc21. The lowest BCUT2D eigenvalue weighted by atomic mass is 9.98. The van der Waals surface area contributed by atoms with Gasteiger partial charge in [0.1, 0.15) is 0 Å². The van der Waals surface area contributed by atoms with E-state index in [4.69, 9.17) is 0 Å². The van der Waals surface area contributed by atoms with Crippen LogP contribution >= 0.6 is 15.9 Å². The summed E-state index contributed by atoms with van der Waals surface area (Å²) in [5.41, 5.74) is 5.53. The molecule has 0 radical (unpaired) electrons. The molecule has 20 heavy (non-hydrogen) atoms. The Morgan fingerprint density at radius 3 is 2.80 bits per heavy atom. The minimum absolute atomic E-state index is 0.438. The Bertz CT molecular complexity index is 606. The van der Waals surface area contributed by atoms with Crippen LogP contribution in [0.3, 0.4) is 0 Å². The number of hydrogen-bond acceptors (Lipinski definition) is 1. The highest BCUT2D eigenvalue weighted by Crippen LogP contribution is 2.32. The van der Waals surface area contributed by atoms with Crippen molar-refractivity contribution in [1.82, 2.24) is 0 Å². The van der Waals surface area contributed by atoms with Crippen molar-refractivity contribution in [3.8, 4) is 0 Å². The lowest BCUT2D eigenvalue weighted by Crippen LogP contribution is -2.12. The van der Waals surface area contributed by atoms with E-state index in [1.54, 1.807) is 0 Å². The van der Waals surface area contributed by atoms with Gasteiger partial charge in [-0.3, -0.25) is 0 Å². The van der Waals surface area contributed by atoms with Crippen molar-refractivity contribution in [2.75, 3.05) is 5.32 Å². The summed E-state index contributed by atoms with van der Waals surface area (Å²) in [6.07, 6.45) is 5.02. The molecule has 0 heterocycles. The summed E-state index contributed by atoms with van der Waals surface area (Å²) >= 11 is 3.53. The summed E-state index contributed by atoms with van der Waals surface area (Å²) in [6, 6.07) is 15.8. The van der Waals surface area contributed by atoms with Gasteiger partial charge in [-0.05, 0) is 61.1 Å². The monoisotopic (exact) mass is 329 g/mol. The zero-order chi connectivity index (χ0) is 13.9. The van der Waals surface area contributed by atoms with Crippen LogP contribution in [0.4, 0.5) is 5.69 Å². The van der Waals surface area contributed by atoms with Gasteiger partial charge in [-0.1, -0.05) is 46.6 Å². The van der Waals surface area contributed by atoms with Gasteiger partial charge in [-0.2, -0.15) is 0 Å². The first-order valence-corrected chi connectivity index (χ1v) is 8.14. The highest BCUT2D eigenvalue weighted by molar-refractivity contribution is 9.10. The Balaban J connectivity index is 1.90. The van der Waals surface area contributed by atoms with Crippen molar-refractivity contribution in [2.24, 2.45) is 0 Å². The van der Waals surface area contributed by atoms with Crippen molar-refractivity contribution in [2.45, 2.75) is 38.6 Å². The van der Waals surface area contributed by atoms with Gasteiger partial charge in [-0.15, -0.1) is 0 Å². The van der Waals surface area contributed by atoms with Crippen LogP contribution in [0, 0.1) is 6.92 Å². The number of aryl methyl sites for hydroxylation is 2. The molecular formula is C18H20BrN. The predicted octanol–water partition coefficient (Wildman–Crippen LogP) is 5.64. The first-order valence-electron chi connectivity index (χ1n) is 7.34. The molecule has 0 fully saturated rings. The van der Waals surface area contributed by atoms with E-state index in [9.17, 15) is 0 Å². The average molecular weight is 330 g/mol. The van der Waals surface area contributed by atoms with Crippen molar-refractivity contribution < 1.29 is 0 Å². The van der Waals surface area contributed by atoms with E-state index < -0.39 is 0 Å². The van der Waals surface area contributed by atoms with Gasteiger partial charge >= 0.3 is 0 Å². The van der Waals surface area contributed by atoms with Crippen LogP contribution in [0.25, 0.3) is 0 Å². The first kappa shape index (κ1) is 13.7. The van der Waals surface area contributed by atoms with E-state index in [2.05, 4.69) is 70.6 Å². The van der Waals surface area contributed by atoms with E-state index in [1.165, 1.54) is 48.1 Å². The molecule has 0 bridgehead atoms. The molecule has 104 valence electrons. The predicted molar refractivity (Wildman–Crippen MR) is 89.2 cm³/mol. The van der Waals surface area contributed by atoms with Crippen LogP contribution in [-0.2, 0) is 6.42 Å². The van der Waals surface area contributed by atoms with E-state index >= 15 is 0 Å². The number of anilines is 1. The van der Waals surface area contributed by atoms with Gasteiger partial charge in [0.2, 0.25) is 0 Å². The van der Waals surface area contributed by atoms with E-state index in [1.807, 2.05) is 0 Å². The van der Waals surface area contributed by atoms with Crippen LogP contribution in [0.5, 0.6) is 0 Å². The van der Waals surface area contributed by atoms with Crippen LogP contribution < -0.4 is 5.32 Å². The largest absolute Gasteiger partial charge is 0.378 e. The molecule has 1 aliphatic rings. The lowest BCUT2D eigenvalue weighted by Gasteiger charge is -2.22. The Morgan fingerprint density at radius 1 is 1.10 bits per heavy atom. The van der Waals surface area contributed by atoms with E-state index in [0.717, 1.165) is 4.47 Å². The molecule has 3 rings (SSSR count). The molecule has 0 aromatic heterocycles. The van der Waals surface area contributed by atoms with Gasteiger partial charge in [-0.25, -0.2) is 0 Å². The smallest absolute Gasteiger partial charge is 0.0516 e. The highest BCUT2D eigenvalue weighted by atomic mass is 79.9. The third-order valence-electron chi connectivity index (χ3n) is 4.14. The summed E-state index contributed by atoms with van der Waals surface area (Å²) in [5, 5.41) is 3.75. The van der Waals surface area contributed by atoms with Gasteiger partial charge in [0.25, 0.3) is 0 Å². The molecule has 0 amide bonds. The molecule has 1 unspecified atom stereocenters. The standard InChI is InChI=1S/C18H20BrN/c1-13-12-15(19)10-11-17(13)20-18-9-5-3-7-14-6-2-4-8-16(14)18/h2,4,6,8,10-12,18,20H,3,5,7,9H2,1H3. The summed E-state index contributed by atoms with van der Waals surface area (Å²) in [4.78, 5) is 0. The Morgan fingerprint density at radius 2 is 1.95 bits per heavy atom. The van der Waals surface area contributed by atoms with E-state index in [0.29, 0.717) is 6.04 Å². The summed E-state index contributed by atoms with van der Waals surface area (Å²) in [6.45, 7) is 2.16. The third-order valence-corrected chi connectivity index (χ3v) is 4.63. The van der Waals surface area contributed by atoms with Gasteiger partial charge in [0.05, 0.1) is 6.04 Å². The number of fused-ring (bicyclic) bond motifs is 1. The summed E-state index contributed by atoms with van der Waals surface area (Å²) < 4.78 is 1.14.